The number of hydrogen-bond donors (Lipinski definition) is 1. The number of hydrogen-bond acceptors (Lipinski definition) is 3. The fourth-order valence-electron chi connectivity index (χ4n) is 1.36. The molecule has 17 heavy (non-hydrogen) atoms. The lowest BCUT2D eigenvalue weighted by molar-refractivity contribution is 0.342. The molecule has 4 heteroatoms. The molecular formula is C13H19BrN2O. The molecule has 0 aliphatic heterocycles. The Labute approximate surface area is 111 Å². The molecule has 0 fully saturated rings. The maximum absolute atomic E-state index is 5.51. The minimum absolute atomic E-state index is 0.478. The number of nitrogens with one attached hydrogen (secondary N) is 1. The van der Waals surface area contributed by atoms with Gasteiger partial charge < -0.3 is 10.1 Å². The van der Waals surface area contributed by atoms with E-state index in [1.54, 1.807) is 12.3 Å². The van der Waals surface area contributed by atoms with Gasteiger partial charge in [-0.25, -0.2) is 4.98 Å². The van der Waals surface area contributed by atoms with Gasteiger partial charge in [-0.3, -0.25) is 0 Å². The summed E-state index contributed by atoms with van der Waals surface area (Å²) < 4.78 is 6.47. The van der Waals surface area contributed by atoms with Crippen LogP contribution in [0, 0.1) is 5.92 Å². The van der Waals surface area contributed by atoms with Crippen molar-refractivity contribution in [3.63, 3.8) is 0 Å². The van der Waals surface area contributed by atoms with E-state index >= 15 is 0 Å². The summed E-state index contributed by atoms with van der Waals surface area (Å²) in [6, 6.07) is 2.03. The van der Waals surface area contributed by atoms with Crippen LogP contribution in [-0.2, 0) is 6.54 Å². The highest BCUT2D eigenvalue weighted by Crippen LogP contribution is 2.20. The third-order valence-electron chi connectivity index (χ3n) is 2.10. The molecule has 3 nitrogen and oxygen atoms in total. The van der Waals surface area contributed by atoms with E-state index in [9.17, 15) is 0 Å². The van der Waals surface area contributed by atoms with Gasteiger partial charge in [-0.05, 0) is 34.5 Å². The van der Waals surface area contributed by atoms with Gasteiger partial charge in [-0.15, -0.1) is 0 Å². The normalized spacial score (nSPS) is 10.6. The van der Waals surface area contributed by atoms with E-state index in [1.807, 2.05) is 6.07 Å². The number of aromatic nitrogens is 1. The number of pyridine rings is 1. The van der Waals surface area contributed by atoms with E-state index in [-0.39, 0.29) is 0 Å². The second kappa shape index (κ2) is 7.45. The van der Waals surface area contributed by atoms with E-state index in [2.05, 4.69) is 46.7 Å². The molecule has 0 unspecified atom stereocenters. The zero-order chi connectivity index (χ0) is 12.7. The summed E-state index contributed by atoms with van der Waals surface area (Å²) in [5.74, 6) is 1.30. The molecule has 94 valence electrons. The molecule has 1 rings (SSSR count). The predicted molar refractivity (Wildman–Crippen MR) is 74.2 cm³/mol. The van der Waals surface area contributed by atoms with Gasteiger partial charge in [0.25, 0.3) is 0 Å². The van der Waals surface area contributed by atoms with Gasteiger partial charge in [0.2, 0.25) is 5.88 Å². The Morgan fingerprint density at radius 2 is 2.35 bits per heavy atom. The van der Waals surface area contributed by atoms with Crippen LogP contribution >= 0.6 is 15.9 Å². The Kier molecular flexibility index (Phi) is 6.22. The van der Waals surface area contributed by atoms with Gasteiger partial charge in [0.1, 0.15) is 6.61 Å². The van der Waals surface area contributed by atoms with Gasteiger partial charge >= 0.3 is 0 Å². The molecule has 0 spiro atoms. The fourth-order valence-corrected chi connectivity index (χ4v) is 1.74. The van der Waals surface area contributed by atoms with Crippen LogP contribution in [0.3, 0.4) is 0 Å². The van der Waals surface area contributed by atoms with E-state index in [0.29, 0.717) is 18.4 Å². The van der Waals surface area contributed by atoms with Gasteiger partial charge in [0, 0.05) is 22.8 Å². The smallest absolute Gasteiger partial charge is 0.218 e. The number of nitrogens with zero attached hydrogens (tertiary/aromatic N) is 1. The van der Waals surface area contributed by atoms with Crippen LogP contribution in [0.15, 0.2) is 29.4 Å². The van der Waals surface area contributed by atoms with Crippen molar-refractivity contribution in [2.24, 2.45) is 5.92 Å². The second-order valence-corrected chi connectivity index (χ2v) is 5.16. The van der Waals surface area contributed by atoms with Crippen molar-refractivity contribution in [2.75, 3.05) is 13.2 Å². The highest BCUT2D eigenvalue weighted by atomic mass is 79.9. The number of halogens is 1. The summed E-state index contributed by atoms with van der Waals surface area (Å²) in [6.07, 6.45) is 3.46. The van der Waals surface area contributed by atoms with Crippen LogP contribution < -0.4 is 10.1 Å². The van der Waals surface area contributed by atoms with Crippen LogP contribution in [0.4, 0.5) is 0 Å². The third-order valence-corrected chi connectivity index (χ3v) is 2.53. The Balaban J connectivity index is 2.65. The maximum Gasteiger partial charge on any atom is 0.218 e. The minimum atomic E-state index is 0.478. The molecule has 1 aromatic rings. The van der Waals surface area contributed by atoms with E-state index in [4.69, 9.17) is 4.74 Å². The lowest BCUT2D eigenvalue weighted by Gasteiger charge is -2.11. The molecule has 0 saturated carbocycles. The molecule has 1 N–H and O–H groups in total. The predicted octanol–water partition coefficient (Wildman–Crippen LogP) is 3.15. The first kappa shape index (κ1) is 14.2. The lowest BCUT2D eigenvalue weighted by Crippen LogP contribution is -2.19. The minimum Gasteiger partial charge on any atom is -0.473 e. The topological polar surface area (TPSA) is 34.1 Å². The first-order chi connectivity index (χ1) is 8.13. The van der Waals surface area contributed by atoms with E-state index in [0.717, 1.165) is 23.1 Å². The molecule has 0 amide bonds. The zero-order valence-electron chi connectivity index (χ0n) is 10.4. The molecule has 0 aliphatic rings. The lowest BCUT2D eigenvalue weighted by atomic mass is 10.2. The summed E-state index contributed by atoms with van der Waals surface area (Å²) in [5, 5.41) is 3.38. The van der Waals surface area contributed by atoms with Crippen LogP contribution in [0.2, 0.25) is 0 Å². The standard InChI is InChI=1S/C13H19BrN2O/c1-4-5-17-13-11(6-12(14)9-16-13)8-15-7-10(2)3/h4,6,9-10,15H,1,5,7-8H2,2-3H3. The zero-order valence-corrected chi connectivity index (χ0v) is 12.0. The summed E-state index contributed by atoms with van der Waals surface area (Å²) in [7, 11) is 0. The van der Waals surface area contributed by atoms with Crippen LogP contribution in [0.1, 0.15) is 19.4 Å². The van der Waals surface area contributed by atoms with Gasteiger partial charge in [-0.2, -0.15) is 0 Å². The fraction of sp³-hybridized carbons (Fsp3) is 0.462. The molecular weight excluding hydrogens is 280 g/mol. The average Bonchev–Trinajstić information content (AvgIpc) is 2.27. The quantitative estimate of drug-likeness (QED) is 0.785. The monoisotopic (exact) mass is 298 g/mol. The van der Waals surface area contributed by atoms with Crippen molar-refractivity contribution in [3.05, 3.63) is 35.0 Å². The van der Waals surface area contributed by atoms with Crippen molar-refractivity contribution in [1.82, 2.24) is 10.3 Å². The molecule has 0 aliphatic carbocycles. The molecule has 1 heterocycles. The molecule has 0 saturated heterocycles. The Morgan fingerprint density at radius 3 is 3.00 bits per heavy atom. The molecule has 0 bridgehead atoms. The molecule has 0 radical (unpaired) electrons. The van der Waals surface area contributed by atoms with E-state index < -0.39 is 0 Å². The van der Waals surface area contributed by atoms with Gasteiger partial charge in [-0.1, -0.05) is 26.5 Å². The van der Waals surface area contributed by atoms with E-state index in [1.165, 1.54) is 0 Å². The Bertz CT molecular complexity index is 366. The third kappa shape index (κ3) is 5.33. The van der Waals surface area contributed by atoms with Crippen molar-refractivity contribution < 1.29 is 4.74 Å². The second-order valence-electron chi connectivity index (χ2n) is 4.24. The van der Waals surface area contributed by atoms with Crippen LogP contribution in [0.5, 0.6) is 5.88 Å². The van der Waals surface area contributed by atoms with Crippen molar-refractivity contribution in [2.45, 2.75) is 20.4 Å². The Morgan fingerprint density at radius 1 is 1.59 bits per heavy atom. The first-order valence-corrected chi connectivity index (χ1v) is 6.51. The van der Waals surface area contributed by atoms with Crippen molar-refractivity contribution in [3.8, 4) is 5.88 Å². The highest BCUT2D eigenvalue weighted by Gasteiger charge is 2.06. The largest absolute Gasteiger partial charge is 0.473 e. The van der Waals surface area contributed by atoms with Crippen LogP contribution in [0.25, 0.3) is 0 Å². The molecule has 0 atom stereocenters. The summed E-state index contributed by atoms with van der Waals surface area (Å²) >= 11 is 3.42. The Hall–Kier alpha value is -0.870. The van der Waals surface area contributed by atoms with Crippen molar-refractivity contribution >= 4 is 15.9 Å². The molecule has 0 aromatic carbocycles. The van der Waals surface area contributed by atoms with Gasteiger partial charge in [0.15, 0.2) is 0 Å². The van der Waals surface area contributed by atoms with Crippen molar-refractivity contribution in [1.29, 1.82) is 0 Å². The number of rotatable bonds is 7. The van der Waals surface area contributed by atoms with Gasteiger partial charge in [0.05, 0.1) is 0 Å². The number of ether oxygens (including phenoxy) is 1. The summed E-state index contributed by atoms with van der Waals surface area (Å²) in [6.45, 7) is 10.2. The average molecular weight is 299 g/mol. The SMILES string of the molecule is C=CCOc1ncc(Br)cc1CNCC(C)C. The van der Waals surface area contributed by atoms with Crippen LogP contribution in [-0.4, -0.2) is 18.1 Å². The maximum atomic E-state index is 5.51. The summed E-state index contributed by atoms with van der Waals surface area (Å²) in [5.41, 5.74) is 1.06. The molecule has 1 aromatic heterocycles. The first-order valence-electron chi connectivity index (χ1n) is 5.72. The highest BCUT2D eigenvalue weighted by molar-refractivity contribution is 9.10. The summed E-state index contributed by atoms with van der Waals surface area (Å²) in [4.78, 5) is 4.26.